The summed E-state index contributed by atoms with van der Waals surface area (Å²) in [4.78, 5) is 18.1. The molecule has 6 nitrogen and oxygen atoms in total. The third-order valence-electron chi connectivity index (χ3n) is 5.18. The van der Waals surface area contributed by atoms with Crippen LogP contribution in [-0.4, -0.2) is 30.3 Å². The van der Waals surface area contributed by atoms with Gasteiger partial charge < -0.3 is 21.8 Å². The molecule has 1 heterocycles. The second-order valence-corrected chi connectivity index (χ2v) is 7.16. The molecule has 6 N–H and O–H groups in total. The number of carbonyl (C=O) groups is 1. The van der Waals surface area contributed by atoms with Crippen molar-refractivity contribution in [2.45, 2.75) is 6.42 Å². The van der Waals surface area contributed by atoms with Gasteiger partial charge in [-0.15, -0.1) is 12.4 Å². The number of amidine groups is 1. The van der Waals surface area contributed by atoms with Crippen LogP contribution < -0.4 is 16.4 Å². The van der Waals surface area contributed by atoms with E-state index in [-0.39, 0.29) is 17.9 Å². The highest BCUT2D eigenvalue weighted by Gasteiger charge is 2.16. The van der Waals surface area contributed by atoms with Gasteiger partial charge in [-0.3, -0.25) is 9.79 Å². The Morgan fingerprint density at radius 1 is 0.781 bits per heavy atom. The van der Waals surface area contributed by atoms with Gasteiger partial charge in [0.15, 0.2) is 0 Å². The number of nitrogens with zero attached hydrogens (tertiary/aromatic N) is 2. The number of amides is 1. The van der Waals surface area contributed by atoms with Crippen molar-refractivity contribution in [1.29, 1.82) is 0 Å². The van der Waals surface area contributed by atoms with E-state index in [1.54, 1.807) is 24.3 Å². The van der Waals surface area contributed by atoms with Crippen LogP contribution in [0.15, 0.2) is 77.8 Å². The van der Waals surface area contributed by atoms with E-state index >= 15 is 0 Å². The summed E-state index contributed by atoms with van der Waals surface area (Å²) in [6, 6.07) is 23.7. The summed E-state index contributed by atoms with van der Waals surface area (Å²) in [6.07, 6.45) is 5.18. The van der Waals surface area contributed by atoms with Gasteiger partial charge in [-0.2, -0.15) is 0 Å². The number of anilines is 2. The summed E-state index contributed by atoms with van der Waals surface area (Å²) in [7, 11) is 0. The average molecular weight is 451 g/mol. The summed E-state index contributed by atoms with van der Waals surface area (Å²) in [6.45, 7) is 1.44. The minimum absolute atomic E-state index is 0. The molecule has 0 bridgehead atoms. The van der Waals surface area contributed by atoms with Crippen LogP contribution in [0.3, 0.4) is 0 Å². The molecular weight excluding hydrogens is 424 g/mol. The first-order chi connectivity index (χ1) is 14.6. The van der Waals surface area contributed by atoms with E-state index in [9.17, 15) is 4.79 Å². The Bertz CT molecular complexity index is 1080. The first kappa shape index (κ1) is 24.7. The van der Waals surface area contributed by atoms with Crippen molar-refractivity contribution in [3.8, 4) is 0 Å². The summed E-state index contributed by atoms with van der Waals surface area (Å²) < 4.78 is 0. The molecule has 1 amide bonds. The van der Waals surface area contributed by atoms with Crippen molar-refractivity contribution >= 4 is 47.7 Å². The third-order valence-corrected chi connectivity index (χ3v) is 5.18. The van der Waals surface area contributed by atoms with Gasteiger partial charge >= 0.3 is 0 Å². The molecule has 4 rings (SSSR count). The summed E-state index contributed by atoms with van der Waals surface area (Å²) in [5, 5.41) is 0. The SMILES string of the molecule is Cl.NC(=O)c1ccc(C(N)=NCCCN2c3ccccc3C=Cc3ccccc32)cc1.O. The fourth-order valence-corrected chi connectivity index (χ4v) is 3.62. The molecule has 166 valence electrons. The van der Waals surface area contributed by atoms with Crippen molar-refractivity contribution in [3.63, 3.8) is 0 Å². The fourth-order valence-electron chi connectivity index (χ4n) is 3.62. The van der Waals surface area contributed by atoms with Gasteiger partial charge in [-0.25, -0.2) is 0 Å². The molecule has 0 saturated heterocycles. The Morgan fingerprint density at radius 3 is 1.81 bits per heavy atom. The predicted octanol–water partition coefficient (Wildman–Crippen LogP) is 3.80. The molecule has 1 aliphatic rings. The van der Waals surface area contributed by atoms with Crippen LogP contribution in [0.25, 0.3) is 12.2 Å². The topological polar surface area (TPSA) is 116 Å². The molecule has 3 aromatic carbocycles. The van der Waals surface area contributed by atoms with Gasteiger partial charge in [0.25, 0.3) is 0 Å². The van der Waals surface area contributed by atoms with Crippen LogP contribution in [0.2, 0.25) is 0 Å². The van der Waals surface area contributed by atoms with Gasteiger partial charge in [-0.1, -0.05) is 60.7 Å². The quantitative estimate of drug-likeness (QED) is 0.338. The molecule has 0 aliphatic carbocycles. The van der Waals surface area contributed by atoms with Crippen LogP contribution >= 0.6 is 12.4 Å². The van der Waals surface area contributed by atoms with E-state index in [4.69, 9.17) is 11.5 Å². The molecule has 7 heteroatoms. The zero-order chi connectivity index (χ0) is 20.9. The number of halogens is 1. The number of nitrogens with two attached hydrogens (primary N) is 2. The Morgan fingerprint density at radius 2 is 1.28 bits per heavy atom. The lowest BCUT2D eigenvalue weighted by atomic mass is 10.1. The van der Waals surface area contributed by atoms with E-state index in [2.05, 4.69) is 70.6 Å². The number of fused-ring (bicyclic) bond motifs is 2. The number of hydrogen-bond donors (Lipinski definition) is 2. The number of aliphatic imine (C=N–C) groups is 1. The third kappa shape index (κ3) is 5.35. The first-order valence-electron chi connectivity index (χ1n) is 9.97. The maximum absolute atomic E-state index is 11.2. The van der Waals surface area contributed by atoms with Gasteiger partial charge in [0, 0.05) is 35.6 Å². The molecule has 1 aliphatic heterocycles. The maximum atomic E-state index is 11.2. The van der Waals surface area contributed by atoms with Crippen LogP contribution in [0.4, 0.5) is 11.4 Å². The smallest absolute Gasteiger partial charge is 0.248 e. The normalized spacial score (nSPS) is 12.0. The Balaban J connectivity index is 0.00000181. The molecule has 0 saturated carbocycles. The van der Waals surface area contributed by atoms with Gasteiger partial charge in [0.05, 0.1) is 0 Å². The monoisotopic (exact) mass is 450 g/mol. The Hall–Kier alpha value is -3.61. The van der Waals surface area contributed by atoms with Crippen molar-refractivity contribution in [1.82, 2.24) is 0 Å². The minimum Gasteiger partial charge on any atom is -0.412 e. The molecule has 0 radical (unpaired) electrons. The lowest BCUT2D eigenvalue weighted by Crippen LogP contribution is -2.21. The fraction of sp³-hybridized carbons (Fsp3) is 0.120. The largest absolute Gasteiger partial charge is 0.412 e. The number of hydrogen-bond acceptors (Lipinski definition) is 3. The molecule has 0 aromatic heterocycles. The van der Waals surface area contributed by atoms with Crippen molar-refractivity contribution in [2.24, 2.45) is 16.5 Å². The number of para-hydroxylation sites is 2. The zero-order valence-electron chi connectivity index (χ0n) is 17.6. The van der Waals surface area contributed by atoms with E-state index < -0.39 is 5.91 Å². The van der Waals surface area contributed by atoms with E-state index in [0.29, 0.717) is 17.9 Å². The first-order valence-corrected chi connectivity index (χ1v) is 9.97. The number of rotatable bonds is 6. The molecule has 0 atom stereocenters. The number of carbonyl (C=O) groups excluding carboxylic acids is 1. The van der Waals surface area contributed by atoms with Crippen LogP contribution in [0, 0.1) is 0 Å². The van der Waals surface area contributed by atoms with Crippen LogP contribution in [-0.2, 0) is 0 Å². The summed E-state index contributed by atoms with van der Waals surface area (Å²) in [5.41, 5.74) is 17.4. The van der Waals surface area contributed by atoms with Crippen molar-refractivity contribution < 1.29 is 10.3 Å². The minimum atomic E-state index is -0.454. The van der Waals surface area contributed by atoms with Crippen LogP contribution in [0.1, 0.15) is 33.5 Å². The van der Waals surface area contributed by atoms with Gasteiger partial charge in [0.1, 0.15) is 5.84 Å². The molecule has 32 heavy (non-hydrogen) atoms. The molecule has 3 aromatic rings. The molecular formula is C25H27ClN4O2. The second-order valence-electron chi connectivity index (χ2n) is 7.16. The molecule has 0 spiro atoms. The van der Waals surface area contributed by atoms with E-state index in [1.165, 1.54) is 22.5 Å². The number of benzene rings is 3. The van der Waals surface area contributed by atoms with Crippen molar-refractivity contribution in [3.05, 3.63) is 95.1 Å². The predicted molar refractivity (Wildman–Crippen MR) is 135 cm³/mol. The van der Waals surface area contributed by atoms with Crippen molar-refractivity contribution in [2.75, 3.05) is 18.0 Å². The van der Waals surface area contributed by atoms with Gasteiger partial charge in [0.2, 0.25) is 5.91 Å². The summed E-state index contributed by atoms with van der Waals surface area (Å²) >= 11 is 0. The lowest BCUT2D eigenvalue weighted by Gasteiger charge is -2.26. The molecule has 0 fully saturated rings. The number of primary amides is 1. The highest BCUT2D eigenvalue weighted by molar-refractivity contribution is 5.99. The van der Waals surface area contributed by atoms with Crippen LogP contribution in [0.5, 0.6) is 0 Å². The maximum Gasteiger partial charge on any atom is 0.248 e. The Kier molecular flexibility index (Phi) is 8.58. The van der Waals surface area contributed by atoms with E-state index in [0.717, 1.165) is 18.5 Å². The van der Waals surface area contributed by atoms with Gasteiger partial charge in [-0.05, 0) is 41.8 Å². The highest BCUT2D eigenvalue weighted by Crippen LogP contribution is 2.36. The highest BCUT2D eigenvalue weighted by atomic mass is 35.5. The zero-order valence-corrected chi connectivity index (χ0v) is 18.4. The average Bonchev–Trinajstić information content (AvgIpc) is 2.94. The summed E-state index contributed by atoms with van der Waals surface area (Å²) in [5.74, 6) is 0.00826. The lowest BCUT2D eigenvalue weighted by molar-refractivity contribution is 0.100. The van der Waals surface area contributed by atoms with E-state index in [1.807, 2.05) is 0 Å². The molecule has 0 unspecified atom stereocenters. The Labute approximate surface area is 194 Å². The second kappa shape index (κ2) is 11.1. The standard InChI is InChI=1S/C25H24N4O.ClH.H2O/c26-24(20-12-14-21(15-13-20)25(27)30)28-16-5-17-29-22-8-3-1-6-18(22)10-11-19-7-2-4-9-23(19)29;;/h1-4,6-15H,5,16-17H2,(H2,26,28)(H2,27,30);1H;1H2.